The standard InChI is InChI=1S/C30H27N5O/c1-19-26-12-11-25-27(21-8-6-7-20(15-21)22-13-14-32-33-18-22)35(2)34-29(25)30(26,16-23(17-31)28(19)36)24-9-4-3-5-10-24/h3-10,13-15,18-19,23,26H,11-12,16H2,1-2H3/t19-,23?,26-,30-/m0/s1. The number of aromatic nitrogens is 4. The highest BCUT2D eigenvalue weighted by molar-refractivity contribution is 5.88. The average molecular weight is 474 g/mol. The smallest absolute Gasteiger partial charge is 0.153 e. The van der Waals surface area contributed by atoms with Crippen LogP contribution in [0.3, 0.4) is 0 Å². The first-order valence-corrected chi connectivity index (χ1v) is 12.5. The van der Waals surface area contributed by atoms with Gasteiger partial charge in [0.1, 0.15) is 5.92 Å². The number of carbonyl (C=O) groups excluding carboxylic acids is 1. The van der Waals surface area contributed by atoms with Crippen molar-refractivity contribution in [2.24, 2.45) is 24.8 Å². The predicted molar refractivity (Wildman–Crippen MR) is 137 cm³/mol. The molecular weight excluding hydrogens is 446 g/mol. The van der Waals surface area contributed by atoms with Crippen LogP contribution in [0.5, 0.6) is 0 Å². The first kappa shape index (κ1) is 22.4. The van der Waals surface area contributed by atoms with Crippen LogP contribution in [0.4, 0.5) is 0 Å². The van der Waals surface area contributed by atoms with Crippen LogP contribution >= 0.6 is 0 Å². The van der Waals surface area contributed by atoms with Crippen molar-refractivity contribution in [3.63, 3.8) is 0 Å². The van der Waals surface area contributed by atoms with Crippen LogP contribution in [-0.4, -0.2) is 25.8 Å². The Morgan fingerprint density at radius 3 is 2.58 bits per heavy atom. The number of rotatable bonds is 3. The summed E-state index contributed by atoms with van der Waals surface area (Å²) in [6.07, 6.45) is 5.70. The summed E-state index contributed by atoms with van der Waals surface area (Å²) in [5, 5.41) is 23.1. The van der Waals surface area contributed by atoms with Gasteiger partial charge in [-0.3, -0.25) is 9.48 Å². The molecule has 2 aromatic heterocycles. The molecule has 2 aromatic carbocycles. The van der Waals surface area contributed by atoms with Crippen molar-refractivity contribution < 1.29 is 4.79 Å². The molecule has 1 fully saturated rings. The molecule has 0 amide bonds. The highest BCUT2D eigenvalue weighted by Crippen LogP contribution is 2.57. The van der Waals surface area contributed by atoms with Crippen LogP contribution in [0.1, 0.15) is 36.6 Å². The molecule has 4 aromatic rings. The number of hydrogen-bond donors (Lipinski definition) is 0. The molecule has 178 valence electrons. The summed E-state index contributed by atoms with van der Waals surface area (Å²) in [6.45, 7) is 2.01. The summed E-state index contributed by atoms with van der Waals surface area (Å²) in [5.41, 5.74) is 7.21. The lowest BCUT2D eigenvalue weighted by molar-refractivity contribution is -0.131. The molecule has 2 heterocycles. The molecule has 36 heavy (non-hydrogen) atoms. The number of fused-ring (bicyclic) bond motifs is 3. The van der Waals surface area contributed by atoms with Crippen LogP contribution in [0.25, 0.3) is 22.4 Å². The largest absolute Gasteiger partial charge is 0.298 e. The SMILES string of the molecule is C[C@@H]1C(=O)C(C#N)C[C@@]2(c3ccccc3)c3nn(C)c(-c4cccc(-c5ccnnc5)c4)c3CC[C@@H]12. The van der Waals surface area contributed by atoms with Gasteiger partial charge >= 0.3 is 0 Å². The monoisotopic (exact) mass is 473 g/mol. The maximum Gasteiger partial charge on any atom is 0.153 e. The van der Waals surface area contributed by atoms with E-state index in [4.69, 9.17) is 5.10 Å². The van der Waals surface area contributed by atoms with Crippen LogP contribution < -0.4 is 0 Å². The topological polar surface area (TPSA) is 84.5 Å². The molecule has 1 unspecified atom stereocenters. The molecule has 2 aliphatic rings. The van der Waals surface area contributed by atoms with Gasteiger partial charge in [-0.15, -0.1) is 0 Å². The Balaban J connectivity index is 1.56. The van der Waals surface area contributed by atoms with Gasteiger partial charge in [-0.05, 0) is 48.4 Å². The molecule has 0 saturated heterocycles. The van der Waals surface area contributed by atoms with Crippen molar-refractivity contribution in [1.82, 2.24) is 20.0 Å². The number of benzene rings is 2. The lowest BCUT2D eigenvalue weighted by Crippen LogP contribution is -2.52. The minimum atomic E-state index is -0.629. The van der Waals surface area contributed by atoms with Gasteiger partial charge in [-0.2, -0.15) is 20.6 Å². The van der Waals surface area contributed by atoms with Gasteiger partial charge in [0.2, 0.25) is 0 Å². The van der Waals surface area contributed by atoms with Crippen LogP contribution in [0.2, 0.25) is 0 Å². The minimum absolute atomic E-state index is 0.0762. The van der Waals surface area contributed by atoms with Crippen molar-refractivity contribution in [2.75, 3.05) is 0 Å². The summed E-state index contributed by atoms with van der Waals surface area (Å²) in [6, 6.07) is 23.1. The Morgan fingerprint density at radius 2 is 1.83 bits per heavy atom. The van der Waals surface area contributed by atoms with E-state index in [0.29, 0.717) is 6.42 Å². The Kier molecular flexibility index (Phi) is 5.30. The van der Waals surface area contributed by atoms with E-state index in [1.54, 1.807) is 12.4 Å². The van der Waals surface area contributed by atoms with E-state index in [1.165, 1.54) is 5.56 Å². The molecule has 6 rings (SSSR count). The normalized spacial score (nSPS) is 25.0. The molecular formula is C30H27N5O. The minimum Gasteiger partial charge on any atom is -0.298 e. The number of Topliss-reactive ketones (excluding diaryl/α,β-unsaturated/α-hetero) is 1. The quantitative estimate of drug-likeness (QED) is 0.411. The van der Waals surface area contributed by atoms with Crippen molar-refractivity contribution in [1.29, 1.82) is 5.26 Å². The Hall–Kier alpha value is -4.11. The van der Waals surface area contributed by atoms with Crippen molar-refractivity contribution in [3.05, 3.63) is 89.9 Å². The highest BCUT2D eigenvalue weighted by Gasteiger charge is 2.57. The number of nitriles is 1. The second-order valence-electron chi connectivity index (χ2n) is 10.1. The lowest BCUT2D eigenvalue weighted by Gasteiger charge is -2.50. The van der Waals surface area contributed by atoms with E-state index < -0.39 is 11.3 Å². The first-order valence-electron chi connectivity index (χ1n) is 12.5. The molecule has 6 nitrogen and oxygen atoms in total. The van der Waals surface area contributed by atoms with Gasteiger partial charge in [0.15, 0.2) is 5.78 Å². The molecule has 0 spiro atoms. The molecule has 0 aliphatic heterocycles. The number of hydrogen-bond acceptors (Lipinski definition) is 5. The van der Waals surface area contributed by atoms with Crippen LogP contribution in [-0.2, 0) is 23.7 Å². The van der Waals surface area contributed by atoms with Gasteiger partial charge in [0.05, 0.1) is 29.9 Å². The van der Waals surface area contributed by atoms with Gasteiger partial charge in [0.25, 0.3) is 0 Å². The number of carbonyl (C=O) groups is 1. The van der Waals surface area contributed by atoms with E-state index in [2.05, 4.69) is 52.7 Å². The fourth-order valence-electron chi connectivity index (χ4n) is 6.73. The third-order valence-electron chi connectivity index (χ3n) is 8.33. The van der Waals surface area contributed by atoms with Gasteiger partial charge in [-0.25, -0.2) is 0 Å². The second kappa shape index (κ2) is 8.53. The summed E-state index contributed by atoms with van der Waals surface area (Å²) in [7, 11) is 2.00. The molecule has 4 atom stereocenters. The van der Waals surface area contributed by atoms with E-state index in [9.17, 15) is 10.1 Å². The molecule has 6 heteroatoms. The highest BCUT2D eigenvalue weighted by atomic mass is 16.1. The molecule has 0 N–H and O–H groups in total. The van der Waals surface area contributed by atoms with Crippen LogP contribution in [0, 0.1) is 29.1 Å². The van der Waals surface area contributed by atoms with Gasteiger partial charge < -0.3 is 0 Å². The summed E-state index contributed by atoms with van der Waals surface area (Å²) >= 11 is 0. The van der Waals surface area contributed by atoms with Crippen molar-refractivity contribution in [3.8, 4) is 28.5 Å². The summed E-state index contributed by atoms with van der Waals surface area (Å²) < 4.78 is 1.99. The third kappa shape index (κ3) is 3.23. The number of ketones is 1. The number of aryl methyl sites for hydroxylation is 1. The summed E-state index contributed by atoms with van der Waals surface area (Å²) in [5.74, 6) is -0.631. The summed E-state index contributed by atoms with van der Waals surface area (Å²) in [4.78, 5) is 13.1. The van der Waals surface area contributed by atoms with E-state index >= 15 is 0 Å². The van der Waals surface area contributed by atoms with Crippen LogP contribution in [0.15, 0.2) is 73.1 Å². The first-order chi connectivity index (χ1) is 17.5. The second-order valence-corrected chi connectivity index (χ2v) is 10.1. The molecule has 0 radical (unpaired) electrons. The molecule has 1 saturated carbocycles. The van der Waals surface area contributed by atoms with E-state index in [1.807, 2.05) is 42.9 Å². The maximum atomic E-state index is 13.1. The van der Waals surface area contributed by atoms with Crippen molar-refractivity contribution >= 4 is 5.78 Å². The molecule has 0 bridgehead atoms. The fraction of sp³-hybridized carbons (Fsp3) is 0.300. The average Bonchev–Trinajstić information content (AvgIpc) is 3.28. The van der Waals surface area contributed by atoms with E-state index in [-0.39, 0.29) is 17.6 Å². The maximum absolute atomic E-state index is 13.1. The van der Waals surface area contributed by atoms with E-state index in [0.717, 1.165) is 46.5 Å². The Bertz CT molecular complexity index is 1490. The third-order valence-corrected chi connectivity index (χ3v) is 8.33. The van der Waals surface area contributed by atoms with Gasteiger partial charge in [-0.1, -0.05) is 55.5 Å². The van der Waals surface area contributed by atoms with Gasteiger partial charge in [0, 0.05) is 35.1 Å². The zero-order chi connectivity index (χ0) is 24.9. The predicted octanol–water partition coefficient (Wildman–Crippen LogP) is 5.14. The fourth-order valence-corrected chi connectivity index (χ4v) is 6.73. The zero-order valence-electron chi connectivity index (χ0n) is 20.4. The molecule has 2 aliphatic carbocycles. The zero-order valence-corrected chi connectivity index (χ0v) is 20.4. The Labute approximate surface area is 210 Å². The van der Waals surface area contributed by atoms with Crippen molar-refractivity contribution in [2.45, 2.75) is 31.6 Å². The number of nitrogens with zero attached hydrogens (tertiary/aromatic N) is 5. The Morgan fingerprint density at radius 1 is 1.03 bits per heavy atom. The lowest BCUT2D eigenvalue weighted by atomic mass is 9.51.